The van der Waals surface area contributed by atoms with E-state index in [1.807, 2.05) is 12.1 Å². The molecule has 1 aliphatic heterocycles. The van der Waals surface area contributed by atoms with Crippen LogP contribution in [-0.2, 0) is 14.9 Å². The third-order valence-electron chi connectivity index (χ3n) is 4.04. The quantitative estimate of drug-likeness (QED) is 0.787. The van der Waals surface area contributed by atoms with Crippen LogP contribution < -0.4 is 0 Å². The van der Waals surface area contributed by atoms with Gasteiger partial charge in [-0.05, 0) is 24.0 Å². The minimum atomic E-state index is -0.798. The van der Waals surface area contributed by atoms with Crippen LogP contribution in [0.5, 0.6) is 0 Å². The zero-order valence-corrected chi connectivity index (χ0v) is 13.5. The number of amides is 1. The van der Waals surface area contributed by atoms with Crippen LogP contribution in [0.2, 0.25) is 0 Å². The lowest BCUT2D eigenvalue weighted by Crippen LogP contribution is -2.41. The fourth-order valence-electron chi connectivity index (χ4n) is 2.67. The molecule has 22 heavy (non-hydrogen) atoms. The number of benzene rings is 1. The molecule has 1 heterocycles. The molecule has 1 aliphatic rings. The molecule has 1 aromatic rings. The van der Waals surface area contributed by atoms with Crippen molar-refractivity contribution in [3.63, 3.8) is 0 Å². The van der Waals surface area contributed by atoms with Gasteiger partial charge in [-0.2, -0.15) is 5.26 Å². The first-order chi connectivity index (χ1) is 10.2. The van der Waals surface area contributed by atoms with Gasteiger partial charge in [0.05, 0.1) is 13.2 Å². The summed E-state index contributed by atoms with van der Waals surface area (Å²) in [5, 5.41) is 9.50. The van der Waals surface area contributed by atoms with Gasteiger partial charge in [0.1, 0.15) is 12.1 Å². The Kier molecular flexibility index (Phi) is 3.97. The van der Waals surface area contributed by atoms with E-state index >= 15 is 0 Å². The summed E-state index contributed by atoms with van der Waals surface area (Å²) in [7, 11) is 1.27. The highest BCUT2D eigenvalue weighted by atomic mass is 16.5. The smallest absolute Gasteiger partial charge is 0.328 e. The van der Waals surface area contributed by atoms with Crippen molar-refractivity contribution in [2.24, 2.45) is 0 Å². The minimum Gasteiger partial charge on any atom is -0.467 e. The van der Waals surface area contributed by atoms with Gasteiger partial charge in [0.15, 0.2) is 0 Å². The summed E-state index contributed by atoms with van der Waals surface area (Å²) >= 11 is 0. The zero-order valence-electron chi connectivity index (χ0n) is 13.5. The summed E-state index contributed by atoms with van der Waals surface area (Å²) in [6, 6.07) is 6.11. The average Bonchev–Trinajstić information content (AvgIpc) is 2.76. The van der Waals surface area contributed by atoms with Gasteiger partial charge in [0.25, 0.3) is 5.91 Å². The Labute approximate surface area is 130 Å². The Hall–Kier alpha value is -2.35. The molecule has 0 saturated carbocycles. The summed E-state index contributed by atoms with van der Waals surface area (Å²) in [4.78, 5) is 25.6. The second kappa shape index (κ2) is 5.45. The van der Waals surface area contributed by atoms with Gasteiger partial charge < -0.3 is 9.64 Å². The predicted molar refractivity (Wildman–Crippen MR) is 81.1 cm³/mol. The van der Waals surface area contributed by atoms with Crippen LogP contribution in [-0.4, -0.2) is 29.9 Å². The topological polar surface area (TPSA) is 70.4 Å². The van der Waals surface area contributed by atoms with Crippen LogP contribution in [0.4, 0.5) is 0 Å². The molecule has 0 fully saturated rings. The van der Waals surface area contributed by atoms with Crippen molar-refractivity contribution < 1.29 is 14.3 Å². The maximum absolute atomic E-state index is 12.6. The maximum Gasteiger partial charge on any atom is 0.328 e. The summed E-state index contributed by atoms with van der Waals surface area (Å²) in [6.45, 7) is 7.79. The van der Waals surface area contributed by atoms with E-state index in [1.165, 1.54) is 12.0 Å². The zero-order chi connectivity index (χ0) is 16.7. The molecule has 0 aromatic heterocycles. The molecule has 0 bridgehead atoms. The standard InChI is InChI=1S/C17H20N2O3/c1-10(16(21)22-5)19-14(9-18)13-8-11(17(2,3)4)6-7-12(13)15(19)20/h6-8,10,14H,1-5H3. The Morgan fingerprint density at radius 3 is 2.55 bits per heavy atom. The van der Waals surface area contributed by atoms with Crippen molar-refractivity contribution in [2.45, 2.75) is 45.2 Å². The molecule has 1 amide bonds. The Morgan fingerprint density at radius 1 is 1.41 bits per heavy atom. The van der Waals surface area contributed by atoms with E-state index in [0.717, 1.165) is 5.56 Å². The van der Waals surface area contributed by atoms with E-state index in [1.54, 1.807) is 13.0 Å². The van der Waals surface area contributed by atoms with Gasteiger partial charge in [-0.1, -0.05) is 32.9 Å². The van der Waals surface area contributed by atoms with Gasteiger partial charge in [-0.15, -0.1) is 0 Å². The van der Waals surface area contributed by atoms with Gasteiger partial charge >= 0.3 is 5.97 Å². The molecule has 5 nitrogen and oxygen atoms in total. The van der Waals surface area contributed by atoms with E-state index in [-0.39, 0.29) is 11.3 Å². The van der Waals surface area contributed by atoms with Gasteiger partial charge in [-0.3, -0.25) is 4.79 Å². The number of hydrogen-bond donors (Lipinski definition) is 0. The first kappa shape index (κ1) is 16.0. The third kappa shape index (κ3) is 2.45. The van der Waals surface area contributed by atoms with E-state index in [9.17, 15) is 14.9 Å². The summed E-state index contributed by atoms with van der Waals surface area (Å²) in [5.41, 5.74) is 2.11. The highest BCUT2D eigenvalue weighted by Gasteiger charge is 2.42. The van der Waals surface area contributed by atoms with Crippen LogP contribution in [0.25, 0.3) is 0 Å². The van der Waals surface area contributed by atoms with Crippen molar-refractivity contribution in [2.75, 3.05) is 7.11 Å². The van der Waals surface area contributed by atoms with Gasteiger partial charge in [0, 0.05) is 11.1 Å². The Bertz CT molecular complexity index is 667. The highest BCUT2D eigenvalue weighted by molar-refractivity contribution is 6.01. The second-order valence-corrected chi connectivity index (χ2v) is 6.50. The Balaban J connectivity index is 2.51. The van der Waals surface area contributed by atoms with E-state index in [2.05, 4.69) is 26.8 Å². The molecule has 2 rings (SSSR count). The summed E-state index contributed by atoms with van der Waals surface area (Å²) in [5.74, 6) is -0.836. The summed E-state index contributed by atoms with van der Waals surface area (Å²) < 4.78 is 4.70. The molecule has 0 N–H and O–H groups in total. The molecule has 1 aromatic carbocycles. The van der Waals surface area contributed by atoms with Crippen LogP contribution in [0, 0.1) is 11.3 Å². The monoisotopic (exact) mass is 300 g/mol. The molecule has 2 unspecified atom stereocenters. The fraction of sp³-hybridized carbons (Fsp3) is 0.471. The van der Waals surface area contributed by atoms with Gasteiger partial charge in [0.2, 0.25) is 0 Å². The number of rotatable bonds is 2. The molecule has 0 aliphatic carbocycles. The van der Waals surface area contributed by atoms with E-state index in [4.69, 9.17) is 4.74 Å². The number of carbonyl (C=O) groups excluding carboxylic acids is 2. The molecular formula is C17H20N2O3. The molecule has 0 radical (unpaired) electrons. The number of nitriles is 1. The van der Waals surface area contributed by atoms with Crippen LogP contribution in [0.15, 0.2) is 18.2 Å². The Morgan fingerprint density at radius 2 is 2.05 bits per heavy atom. The fourth-order valence-corrected chi connectivity index (χ4v) is 2.67. The second-order valence-electron chi connectivity index (χ2n) is 6.50. The molecule has 0 saturated heterocycles. The maximum atomic E-state index is 12.6. The summed E-state index contributed by atoms with van der Waals surface area (Å²) in [6.07, 6.45) is 0. The van der Waals surface area contributed by atoms with Gasteiger partial charge in [-0.25, -0.2) is 4.79 Å². The first-order valence-electron chi connectivity index (χ1n) is 7.17. The lowest BCUT2D eigenvalue weighted by atomic mass is 9.85. The average molecular weight is 300 g/mol. The van der Waals surface area contributed by atoms with Crippen molar-refractivity contribution >= 4 is 11.9 Å². The number of hydrogen-bond acceptors (Lipinski definition) is 4. The van der Waals surface area contributed by atoms with Crippen LogP contribution >= 0.6 is 0 Å². The van der Waals surface area contributed by atoms with Crippen molar-refractivity contribution in [3.05, 3.63) is 34.9 Å². The van der Waals surface area contributed by atoms with Crippen molar-refractivity contribution in [3.8, 4) is 6.07 Å². The normalized spacial score (nSPS) is 18.6. The van der Waals surface area contributed by atoms with Crippen molar-refractivity contribution in [1.29, 1.82) is 5.26 Å². The number of nitrogens with zero attached hydrogens (tertiary/aromatic N) is 2. The number of methoxy groups -OCH3 is 1. The van der Waals surface area contributed by atoms with Crippen LogP contribution in [0.3, 0.4) is 0 Å². The highest BCUT2D eigenvalue weighted by Crippen LogP contribution is 2.37. The number of esters is 1. The van der Waals surface area contributed by atoms with Crippen LogP contribution in [0.1, 0.15) is 55.2 Å². The number of ether oxygens (including phenoxy) is 1. The number of fused-ring (bicyclic) bond motifs is 1. The third-order valence-corrected chi connectivity index (χ3v) is 4.04. The van der Waals surface area contributed by atoms with Crippen molar-refractivity contribution in [1.82, 2.24) is 4.90 Å². The molecule has 2 atom stereocenters. The number of carbonyl (C=O) groups is 2. The first-order valence-corrected chi connectivity index (χ1v) is 7.17. The molecular weight excluding hydrogens is 280 g/mol. The molecule has 116 valence electrons. The van der Waals surface area contributed by atoms with E-state index < -0.39 is 18.1 Å². The van der Waals surface area contributed by atoms with E-state index in [0.29, 0.717) is 11.1 Å². The lowest BCUT2D eigenvalue weighted by Gasteiger charge is -2.25. The molecule has 5 heteroatoms. The lowest BCUT2D eigenvalue weighted by molar-refractivity contribution is -0.145. The largest absolute Gasteiger partial charge is 0.467 e. The minimum absolute atomic E-state index is 0.0839. The molecule has 0 spiro atoms. The SMILES string of the molecule is COC(=O)C(C)N1C(=O)c2ccc(C(C)(C)C)cc2C1C#N. The predicted octanol–water partition coefficient (Wildman–Crippen LogP) is 2.57.